The molecule has 154 valence electrons. The van der Waals surface area contributed by atoms with Crippen LogP contribution in [0.25, 0.3) is 22.2 Å². The number of ether oxygens (including phenoxy) is 2. The lowest BCUT2D eigenvalue weighted by Gasteiger charge is -2.12. The second-order valence-electron chi connectivity index (χ2n) is 7.74. The highest BCUT2D eigenvalue weighted by Gasteiger charge is 2.09. The van der Waals surface area contributed by atoms with Crippen molar-refractivity contribution in [2.75, 3.05) is 13.7 Å². The van der Waals surface area contributed by atoms with E-state index in [1.165, 1.54) is 37.7 Å². The lowest BCUT2D eigenvalue weighted by Crippen LogP contribution is -1.99. The van der Waals surface area contributed by atoms with Crippen LogP contribution in [0, 0.1) is 6.92 Å². The summed E-state index contributed by atoms with van der Waals surface area (Å²) in [5.74, 6) is 0.847. The van der Waals surface area contributed by atoms with Gasteiger partial charge in [0.05, 0.1) is 24.9 Å². The summed E-state index contributed by atoms with van der Waals surface area (Å²) in [5, 5.41) is 1.10. The van der Waals surface area contributed by atoms with Crippen molar-refractivity contribution in [2.24, 2.45) is 0 Å². The van der Waals surface area contributed by atoms with Crippen molar-refractivity contribution >= 4 is 10.9 Å². The first-order valence-electron chi connectivity index (χ1n) is 10.8. The lowest BCUT2D eigenvalue weighted by atomic mass is 10.0. The summed E-state index contributed by atoms with van der Waals surface area (Å²) >= 11 is 0. The quantitative estimate of drug-likeness (QED) is 0.327. The SMILES string of the molecule is CCCCCCCCOCc1cc(-c2ccc(C)cc2)nc2ccc(OC)cc12. The van der Waals surface area contributed by atoms with E-state index in [1.54, 1.807) is 7.11 Å². The number of hydrogen-bond donors (Lipinski definition) is 0. The minimum Gasteiger partial charge on any atom is -0.497 e. The summed E-state index contributed by atoms with van der Waals surface area (Å²) in [6.07, 6.45) is 7.65. The van der Waals surface area contributed by atoms with Crippen molar-refractivity contribution in [1.29, 1.82) is 0 Å². The van der Waals surface area contributed by atoms with Crippen molar-refractivity contribution in [3.63, 3.8) is 0 Å². The predicted octanol–water partition coefficient (Wildman–Crippen LogP) is 7.10. The van der Waals surface area contributed by atoms with Crippen molar-refractivity contribution in [3.05, 3.63) is 59.7 Å². The number of aromatic nitrogens is 1. The van der Waals surface area contributed by atoms with Gasteiger partial charge in [0.2, 0.25) is 0 Å². The fourth-order valence-corrected chi connectivity index (χ4v) is 3.56. The van der Waals surface area contributed by atoms with E-state index < -0.39 is 0 Å². The second kappa shape index (κ2) is 11.0. The van der Waals surface area contributed by atoms with Gasteiger partial charge in [-0.05, 0) is 43.2 Å². The first kappa shape index (κ1) is 21.3. The Balaban J connectivity index is 1.75. The van der Waals surface area contributed by atoms with Crippen LogP contribution in [0.15, 0.2) is 48.5 Å². The molecule has 0 aliphatic rings. The van der Waals surface area contributed by atoms with E-state index in [0.29, 0.717) is 6.61 Å². The molecular formula is C26H33NO2. The van der Waals surface area contributed by atoms with E-state index in [4.69, 9.17) is 14.5 Å². The number of nitrogens with zero attached hydrogens (tertiary/aromatic N) is 1. The van der Waals surface area contributed by atoms with E-state index >= 15 is 0 Å². The minimum atomic E-state index is 0.597. The molecule has 1 heterocycles. The average Bonchev–Trinajstić information content (AvgIpc) is 2.75. The van der Waals surface area contributed by atoms with Gasteiger partial charge in [0.1, 0.15) is 5.75 Å². The summed E-state index contributed by atoms with van der Waals surface area (Å²) in [5.41, 5.74) is 5.51. The Bertz CT molecular complexity index is 902. The highest BCUT2D eigenvalue weighted by molar-refractivity contribution is 5.86. The Morgan fingerprint density at radius 3 is 2.38 bits per heavy atom. The molecule has 0 aliphatic heterocycles. The van der Waals surface area contributed by atoms with Gasteiger partial charge < -0.3 is 9.47 Å². The van der Waals surface area contributed by atoms with Crippen LogP contribution in [-0.2, 0) is 11.3 Å². The monoisotopic (exact) mass is 391 g/mol. The van der Waals surface area contributed by atoms with Crippen LogP contribution < -0.4 is 4.74 Å². The maximum Gasteiger partial charge on any atom is 0.119 e. The molecule has 0 radical (unpaired) electrons. The fourth-order valence-electron chi connectivity index (χ4n) is 3.56. The zero-order chi connectivity index (χ0) is 20.5. The molecule has 0 atom stereocenters. The van der Waals surface area contributed by atoms with Gasteiger partial charge in [0.25, 0.3) is 0 Å². The van der Waals surface area contributed by atoms with Crippen LogP contribution in [0.4, 0.5) is 0 Å². The van der Waals surface area contributed by atoms with Gasteiger partial charge in [-0.3, -0.25) is 0 Å². The molecule has 3 aromatic rings. The number of benzene rings is 2. The summed E-state index contributed by atoms with van der Waals surface area (Å²) in [6, 6.07) is 16.7. The normalized spacial score (nSPS) is 11.1. The smallest absolute Gasteiger partial charge is 0.119 e. The molecule has 29 heavy (non-hydrogen) atoms. The maximum absolute atomic E-state index is 6.05. The molecule has 0 bridgehead atoms. The van der Waals surface area contributed by atoms with Crippen molar-refractivity contribution in [3.8, 4) is 17.0 Å². The summed E-state index contributed by atoms with van der Waals surface area (Å²) in [6.45, 7) is 5.76. The second-order valence-corrected chi connectivity index (χ2v) is 7.74. The molecule has 3 heteroatoms. The topological polar surface area (TPSA) is 31.4 Å². The van der Waals surface area contributed by atoms with Crippen molar-refractivity contribution in [2.45, 2.75) is 59.0 Å². The molecular weight excluding hydrogens is 358 g/mol. The number of rotatable bonds is 11. The van der Waals surface area contributed by atoms with Gasteiger partial charge in [-0.25, -0.2) is 4.98 Å². The lowest BCUT2D eigenvalue weighted by molar-refractivity contribution is 0.117. The van der Waals surface area contributed by atoms with E-state index in [0.717, 1.165) is 46.5 Å². The van der Waals surface area contributed by atoms with E-state index in [2.05, 4.69) is 50.2 Å². The number of pyridine rings is 1. The van der Waals surface area contributed by atoms with Crippen molar-refractivity contribution < 1.29 is 9.47 Å². The maximum atomic E-state index is 6.05. The molecule has 0 amide bonds. The van der Waals surface area contributed by atoms with Crippen molar-refractivity contribution in [1.82, 2.24) is 4.98 Å². The molecule has 3 nitrogen and oxygen atoms in total. The molecule has 0 aliphatic carbocycles. The predicted molar refractivity (Wildman–Crippen MR) is 122 cm³/mol. The third kappa shape index (κ3) is 6.04. The van der Waals surface area contributed by atoms with Crippen LogP contribution >= 0.6 is 0 Å². The number of aryl methyl sites for hydroxylation is 1. The molecule has 0 saturated heterocycles. The summed E-state index contributed by atoms with van der Waals surface area (Å²) in [7, 11) is 1.70. The third-order valence-corrected chi connectivity index (χ3v) is 5.35. The van der Waals surface area contributed by atoms with Gasteiger partial charge in [0, 0.05) is 17.6 Å². The molecule has 2 aromatic carbocycles. The van der Waals surface area contributed by atoms with Gasteiger partial charge in [-0.2, -0.15) is 0 Å². The van der Waals surface area contributed by atoms with Crippen LogP contribution in [0.2, 0.25) is 0 Å². The summed E-state index contributed by atoms with van der Waals surface area (Å²) < 4.78 is 11.5. The van der Waals surface area contributed by atoms with Crippen LogP contribution in [-0.4, -0.2) is 18.7 Å². The Labute approximate surface area is 175 Å². The van der Waals surface area contributed by atoms with Gasteiger partial charge >= 0.3 is 0 Å². The largest absolute Gasteiger partial charge is 0.497 e. The first-order chi connectivity index (χ1) is 14.2. The van der Waals surface area contributed by atoms with Gasteiger partial charge in [-0.15, -0.1) is 0 Å². The standard InChI is InChI=1S/C26H33NO2/c1-4-5-6-7-8-9-16-29-19-22-17-26(21-12-10-20(2)11-13-21)27-25-15-14-23(28-3)18-24(22)25/h10-15,17-18H,4-9,16,19H2,1-3H3. The Morgan fingerprint density at radius 2 is 1.62 bits per heavy atom. The zero-order valence-corrected chi connectivity index (χ0v) is 18.0. The minimum absolute atomic E-state index is 0.597. The molecule has 1 aromatic heterocycles. The van der Waals surface area contributed by atoms with Crippen LogP contribution in [0.5, 0.6) is 5.75 Å². The third-order valence-electron chi connectivity index (χ3n) is 5.35. The van der Waals surface area contributed by atoms with Crippen LogP contribution in [0.3, 0.4) is 0 Å². The summed E-state index contributed by atoms with van der Waals surface area (Å²) in [4.78, 5) is 4.89. The molecule has 0 unspecified atom stereocenters. The Morgan fingerprint density at radius 1 is 0.862 bits per heavy atom. The Hall–Kier alpha value is -2.39. The molecule has 0 N–H and O–H groups in total. The fraction of sp³-hybridized carbons (Fsp3) is 0.423. The van der Waals surface area contributed by atoms with Crippen LogP contribution in [0.1, 0.15) is 56.6 Å². The Kier molecular flexibility index (Phi) is 8.06. The van der Waals surface area contributed by atoms with Gasteiger partial charge in [0.15, 0.2) is 0 Å². The number of fused-ring (bicyclic) bond motifs is 1. The zero-order valence-electron chi connectivity index (χ0n) is 18.0. The molecule has 0 spiro atoms. The van der Waals surface area contributed by atoms with E-state index in [-0.39, 0.29) is 0 Å². The van der Waals surface area contributed by atoms with E-state index in [1.807, 2.05) is 12.1 Å². The van der Waals surface area contributed by atoms with Gasteiger partial charge in [-0.1, -0.05) is 68.9 Å². The highest BCUT2D eigenvalue weighted by atomic mass is 16.5. The molecule has 0 saturated carbocycles. The molecule has 3 rings (SSSR count). The molecule has 0 fully saturated rings. The highest BCUT2D eigenvalue weighted by Crippen LogP contribution is 2.28. The first-order valence-corrected chi connectivity index (χ1v) is 10.8. The van der Waals surface area contributed by atoms with E-state index in [9.17, 15) is 0 Å². The number of methoxy groups -OCH3 is 1. The number of hydrogen-bond acceptors (Lipinski definition) is 3. The number of unbranched alkanes of at least 4 members (excludes halogenated alkanes) is 5. The average molecular weight is 392 g/mol.